The van der Waals surface area contributed by atoms with Gasteiger partial charge in [-0.3, -0.25) is 0 Å². The van der Waals surface area contributed by atoms with Gasteiger partial charge in [-0.1, -0.05) is 78.9 Å². The van der Waals surface area contributed by atoms with Crippen LogP contribution >= 0.6 is 0 Å². The van der Waals surface area contributed by atoms with Gasteiger partial charge in [-0.25, -0.2) is 9.78 Å². The Morgan fingerprint density at radius 2 is 1.71 bits per heavy atom. The van der Waals surface area contributed by atoms with Crippen molar-refractivity contribution in [3.8, 4) is 28.3 Å². The van der Waals surface area contributed by atoms with Crippen molar-refractivity contribution >= 4 is 11.5 Å². The monoisotopic (exact) mass is 451 g/mol. The molecule has 1 aromatic heterocycles. The van der Waals surface area contributed by atoms with Crippen LogP contribution < -0.4 is 4.74 Å². The maximum Gasteiger partial charge on any atom is 0.341 e. The van der Waals surface area contributed by atoms with Gasteiger partial charge < -0.3 is 14.3 Å². The molecule has 0 fully saturated rings. The number of aliphatic carboxylic acids is 1. The standard InChI is InChI=1S/C29H25NO4/c31-26(32)19-33-24-15-7-9-20(18-24)17-23-14-8-16-25(23)29-30-27(21-10-3-1-4-11-21)28(34-29)22-12-5-2-6-13-22/h1-7,9-13,15-16,18,23H,8,14,17,19H2,(H,31,32). The summed E-state index contributed by atoms with van der Waals surface area (Å²) >= 11 is 0. The van der Waals surface area contributed by atoms with Crippen molar-refractivity contribution in [3.63, 3.8) is 0 Å². The normalized spacial score (nSPS) is 15.2. The maximum absolute atomic E-state index is 10.8. The van der Waals surface area contributed by atoms with Crippen LogP contribution in [0.2, 0.25) is 0 Å². The molecule has 0 bridgehead atoms. The molecule has 1 aliphatic rings. The highest BCUT2D eigenvalue weighted by Crippen LogP contribution is 2.40. The third kappa shape index (κ3) is 4.79. The van der Waals surface area contributed by atoms with Crippen LogP contribution in [0.5, 0.6) is 5.75 Å². The number of rotatable bonds is 8. The molecule has 0 aliphatic heterocycles. The Hall–Kier alpha value is -4.12. The SMILES string of the molecule is O=C(O)COc1cccc(CC2CCC=C2c2nc(-c3ccccc3)c(-c3ccccc3)o2)c1. The van der Waals surface area contributed by atoms with Gasteiger partial charge in [0.15, 0.2) is 12.4 Å². The number of allylic oxidation sites excluding steroid dienone is 2. The van der Waals surface area contributed by atoms with Gasteiger partial charge >= 0.3 is 5.97 Å². The number of oxazole rings is 1. The van der Waals surface area contributed by atoms with E-state index in [0.29, 0.717) is 11.6 Å². The van der Waals surface area contributed by atoms with E-state index in [9.17, 15) is 4.79 Å². The number of ether oxygens (including phenoxy) is 1. The molecule has 0 amide bonds. The van der Waals surface area contributed by atoms with Gasteiger partial charge in [-0.05, 0) is 42.9 Å². The van der Waals surface area contributed by atoms with Gasteiger partial charge in [0.05, 0.1) is 0 Å². The summed E-state index contributed by atoms with van der Waals surface area (Å²) in [6.07, 6.45) is 5.02. The van der Waals surface area contributed by atoms with Crippen LogP contribution in [-0.2, 0) is 11.2 Å². The number of aromatic nitrogens is 1. The second kappa shape index (κ2) is 9.79. The van der Waals surface area contributed by atoms with Crippen molar-refractivity contribution < 1.29 is 19.1 Å². The van der Waals surface area contributed by atoms with Crippen molar-refractivity contribution in [3.05, 3.63) is 102 Å². The fourth-order valence-electron chi connectivity index (χ4n) is 4.45. The van der Waals surface area contributed by atoms with Crippen LogP contribution in [0.15, 0.2) is 95.4 Å². The van der Waals surface area contributed by atoms with Gasteiger partial charge in [0.25, 0.3) is 0 Å². The quantitative estimate of drug-likeness (QED) is 0.331. The van der Waals surface area contributed by atoms with Gasteiger partial charge in [-0.2, -0.15) is 0 Å². The van der Waals surface area contributed by atoms with Crippen LogP contribution in [0, 0.1) is 5.92 Å². The van der Waals surface area contributed by atoms with Gasteiger partial charge in [0, 0.05) is 16.7 Å². The first kappa shape index (κ1) is 21.7. The topological polar surface area (TPSA) is 72.6 Å². The Morgan fingerprint density at radius 1 is 0.971 bits per heavy atom. The Bertz CT molecular complexity index is 1250. The van der Waals surface area contributed by atoms with E-state index >= 15 is 0 Å². The lowest BCUT2D eigenvalue weighted by atomic mass is 9.93. The lowest BCUT2D eigenvalue weighted by Crippen LogP contribution is -2.09. The van der Waals surface area contributed by atoms with E-state index in [-0.39, 0.29) is 12.5 Å². The molecule has 0 saturated carbocycles. The van der Waals surface area contributed by atoms with Crippen molar-refractivity contribution in [2.75, 3.05) is 6.61 Å². The van der Waals surface area contributed by atoms with E-state index < -0.39 is 5.97 Å². The Morgan fingerprint density at radius 3 is 2.44 bits per heavy atom. The highest BCUT2D eigenvalue weighted by molar-refractivity contribution is 5.79. The highest BCUT2D eigenvalue weighted by atomic mass is 16.5. The van der Waals surface area contributed by atoms with E-state index in [1.807, 2.05) is 66.7 Å². The minimum atomic E-state index is -0.987. The van der Waals surface area contributed by atoms with Crippen LogP contribution in [0.25, 0.3) is 28.2 Å². The third-order valence-corrected chi connectivity index (χ3v) is 6.02. The largest absolute Gasteiger partial charge is 0.482 e. The second-order valence-corrected chi connectivity index (χ2v) is 8.40. The summed E-state index contributed by atoms with van der Waals surface area (Å²) in [6, 6.07) is 27.8. The molecule has 5 nitrogen and oxygen atoms in total. The molecule has 1 atom stereocenters. The number of carboxylic acids is 1. The number of benzene rings is 3. The molecule has 170 valence electrons. The summed E-state index contributed by atoms with van der Waals surface area (Å²) in [7, 11) is 0. The Labute approximate surface area is 198 Å². The fraction of sp³-hybridized carbons (Fsp3) is 0.172. The molecule has 3 aromatic carbocycles. The lowest BCUT2D eigenvalue weighted by Gasteiger charge is -2.14. The zero-order valence-corrected chi connectivity index (χ0v) is 18.7. The number of hydrogen-bond donors (Lipinski definition) is 1. The molecule has 5 heteroatoms. The number of hydrogen-bond acceptors (Lipinski definition) is 4. The zero-order valence-electron chi connectivity index (χ0n) is 18.7. The third-order valence-electron chi connectivity index (χ3n) is 6.02. The molecule has 34 heavy (non-hydrogen) atoms. The first-order chi connectivity index (χ1) is 16.7. The van der Waals surface area contributed by atoms with Crippen molar-refractivity contribution in [1.29, 1.82) is 0 Å². The van der Waals surface area contributed by atoms with Crippen molar-refractivity contribution in [2.24, 2.45) is 5.92 Å². The maximum atomic E-state index is 10.8. The van der Waals surface area contributed by atoms with E-state index in [4.69, 9.17) is 19.2 Å². The average Bonchev–Trinajstić information content (AvgIpc) is 3.51. The summed E-state index contributed by atoms with van der Waals surface area (Å²) in [4.78, 5) is 15.8. The second-order valence-electron chi connectivity index (χ2n) is 8.40. The highest BCUT2D eigenvalue weighted by Gasteiger charge is 2.27. The van der Waals surface area contributed by atoms with Crippen molar-refractivity contribution in [1.82, 2.24) is 4.98 Å². The molecule has 4 aromatic rings. The van der Waals surface area contributed by atoms with E-state index in [0.717, 1.165) is 53.0 Å². The first-order valence-electron chi connectivity index (χ1n) is 11.4. The molecule has 0 saturated heterocycles. The predicted molar refractivity (Wildman–Crippen MR) is 131 cm³/mol. The Kier molecular flexibility index (Phi) is 6.25. The van der Waals surface area contributed by atoms with E-state index in [1.54, 1.807) is 6.07 Å². The number of carboxylic acid groups (broad SMARTS) is 1. The molecule has 0 radical (unpaired) electrons. The summed E-state index contributed by atoms with van der Waals surface area (Å²) in [5, 5.41) is 8.87. The van der Waals surface area contributed by atoms with Gasteiger partial charge in [0.2, 0.25) is 5.89 Å². The van der Waals surface area contributed by atoms with Crippen LogP contribution in [0.3, 0.4) is 0 Å². The first-order valence-corrected chi connectivity index (χ1v) is 11.4. The van der Waals surface area contributed by atoms with E-state index in [1.165, 1.54) is 0 Å². The minimum Gasteiger partial charge on any atom is -0.482 e. The zero-order chi connectivity index (χ0) is 23.3. The van der Waals surface area contributed by atoms with E-state index in [2.05, 4.69) is 18.2 Å². The summed E-state index contributed by atoms with van der Waals surface area (Å²) in [6.45, 7) is -0.348. The Balaban J connectivity index is 1.44. The molecule has 0 spiro atoms. The molecule has 1 unspecified atom stereocenters. The summed E-state index contributed by atoms with van der Waals surface area (Å²) < 4.78 is 11.8. The molecule has 5 rings (SSSR count). The fourth-order valence-corrected chi connectivity index (χ4v) is 4.45. The van der Waals surface area contributed by atoms with Crippen LogP contribution in [0.4, 0.5) is 0 Å². The van der Waals surface area contributed by atoms with Gasteiger partial charge in [0.1, 0.15) is 11.4 Å². The number of carbonyl (C=O) groups is 1. The summed E-state index contributed by atoms with van der Waals surface area (Å²) in [5.41, 5.74) is 5.08. The summed E-state index contributed by atoms with van der Waals surface area (Å²) in [5.74, 6) is 1.28. The molecule has 1 N–H and O–H groups in total. The molecular formula is C29H25NO4. The molecule has 1 aliphatic carbocycles. The van der Waals surface area contributed by atoms with Crippen LogP contribution in [0.1, 0.15) is 24.3 Å². The van der Waals surface area contributed by atoms with Crippen molar-refractivity contribution in [2.45, 2.75) is 19.3 Å². The molecular weight excluding hydrogens is 426 g/mol. The number of nitrogens with zero attached hydrogens (tertiary/aromatic N) is 1. The minimum absolute atomic E-state index is 0.264. The van der Waals surface area contributed by atoms with Crippen LogP contribution in [-0.4, -0.2) is 22.7 Å². The average molecular weight is 452 g/mol. The molecule has 1 heterocycles. The smallest absolute Gasteiger partial charge is 0.341 e. The lowest BCUT2D eigenvalue weighted by molar-refractivity contribution is -0.139. The predicted octanol–water partition coefficient (Wildman–Crippen LogP) is 6.51. The van der Waals surface area contributed by atoms with Gasteiger partial charge in [-0.15, -0.1) is 0 Å².